The predicted octanol–water partition coefficient (Wildman–Crippen LogP) is 8.46. The Morgan fingerprint density at radius 2 is 1.72 bits per heavy atom. The number of aryl methyl sites for hydroxylation is 3. The number of halogens is 2. The summed E-state index contributed by atoms with van der Waals surface area (Å²) in [6.07, 6.45) is 3.14. The van der Waals surface area contributed by atoms with Gasteiger partial charge in [-0.1, -0.05) is 71.8 Å². The second kappa shape index (κ2) is 10.7. The predicted molar refractivity (Wildman–Crippen MR) is 167 cm³/mol. The van der Waals surface area contributed by atoms with Crippen LogP contribution in [0.5, 0.6) is 0 Å². The number of nitrogens with one attached hydrogen (secondary N) is 2. The molecule has 0 atom stereocenters. The van der Waals surface area contributed by atoms with E-state index >= 15 is 0 Å². The quantitative estimate of drug-likeness (QED) is 0.200. The molecule has 5 aromatic rings. The Morgan fingerprint density at radius 3 is 2.51 bits per heavy atom. The van der Waals surface area contributed by atoms with Gasteiger partial charge in [0.15, 0.2) is 5.82 Å². The zero-order chi connectivity index (χ0) is 27.1. The molecule has 0 amide bonds. The summed E-state index contributed by atoms with van der Waals surface area (Å²) in [5.74, 6) is 0.968. The normalized spacial score (nSPS) is 12.9. The van der Waals surface area contributed by atoms with Gasteiger partial charge in [-0.3, -0.25) is 0 Å². The van der Waals surface area contributed by atoms with Crippen LogP contribution in [0.2, 0.25) is 10.0 Å². The molecular formula is C31H29Cl2N5S. The Hall–Kier alpha value is -3.32. The van der Waals surface area contributed by atoms with Crippen molar-refractivity contribution in [1.29, 1.82) is 0 Å². The minimum atomic E-state index is 0.579. The van der Waals surface area contributed by atoms with E-state index in [1.54, 1.807) is 0 Å². The molecule has 5 nitrogen and oxygen atoms in total. The highest BCUT2D eigenvalue weighted by Gasteiger charge is 2.29. The first-order valence-corrected chi connectivity index (χ1v) is 14.3. The molecule has 3 heterocycles. The highest BCUT2D eigenvalue weighted by atomic mass is 35.5. The molecule has 0 fully saturated rings. The lowest BCUT2D eigenvalue weighted by Gasteiger charge is -2.13. The largest absolute Gasteiger partial charge is 0.377 e. The number of hydrogen-bond acceptors (Lipinski definition) is 3. The smallest absolute Gasteiger partial charge is 0.150 e. The lowest BCUT2D eigenvalue weighted by Crippen LogP contribution is -2.15. The summed E-state index contributed by atoms with van der Waals surface area (Å²) in [4.78, 5) is 0.644. The van der Waals surface area contributed by atoms with Crippen molar-refractivity contribution in [1.82, 2.24) is 14.2 Å². The summed E-state index contributed by atoms with van der Waals surface area (Å²) >= 11 is 18.8. The summed E-state index contributed by atoms with van der Waals surface area (Å²) in [6.45, 7) is 5.60. The third-order valence-electron chi connectivity index (χ3n) is 7.51. The lowest BCUT2D eigenvalue weighted by atomic mass is 9.98. The summed E-state index contributed by atoms with van der Waals surface area (Å²) in [6, 6.07) is 22.2. The fraction of sp³-hybridized carbons (Fsp3) is 0.226. The topological polar surface area (TPSA) is 46.3 Å². The Kier molecular flexibility index (Phi) is 7.10. The first-order chi connectivity index (χ1) is 18.9. The van der Waals surface area contributed by atoms with Crippen molar-refractivity contribution >= 4 is 57.4 Å². The Bertz CT molecular complexity index is 1700. The second-order valence-corrected chi connectivity index (χ2v) is 11.3. The van der Waals surface area contributed by atoms with Crippen LogP contribution in [0.3, 0.4) is 0 Å². The van der Waals surface area contributed by atoms with Crippen LogP contribution in [-0.2, 0) is 19.5 Å². The zero-order valence-corrected chi connectivity index (χ0v) is 24.2. The van der Waals surface area contributed by atoms with Crippen molar-refractivity contribution in [2.45, 2.75) is 46.2 Å². The SMILES string of the molecule is Cc1ccccc1NC(=S)c1c(-c2ccc(Cl)cc2)c2c3n(c(CNc4cccc(Cl)c4C)nn13)CCCC2. The Morgan fingerprint density at radius 1 is 0.949 bits per heavy atom. The zero-order valence-electron chi connectivity index (χ0n) is 21.9. The van der Waals surface area contributed by atoms with Crippen molar-refractivity contribution < 1.29 is 0 Å². The third kappa shape index (κ3) is 4.82. The summed E-state index contributed by atoms with van der Waals surface area (Å²) in [5, 5.41) is 13.7. The highest BCUT2D eigenvalue weighted by Crippen LogP contribution is 2.38. The minimum Gasteiger partial charge on any atom is -0.377 e. The molecule has 0 unspecified atom stereocenters. The maximum atomic E-state index is 6.38. The van der Waals surface area contributed by atoms with Crippen molar-refractivity contribution in [3.63, 3.8) is 0 Å². The van der Waals surface area contributed by atoms with Gasteiger partial charge < -0.3 is 15.2 Å². The van der Waals surface area contributed by atoms with Crippen molar-refractivity contribution in [2.24, 2.45) is 0 Å². The van der Waals surface area contributed by atoms with E-state index in [-0.39, 0.29) is 0 Å². The molecule has 8 heteroatoms. The molecule has 0 spiro atoms. The van der Waals surface area contributed by atoms with E-state index in [1.807, 2.05) is 43.3 Å². The van der Waals surface area contributed by atoms with Gasteiger partial charge in [0.25, 0.3) is 0 Å². The van der Waals surface area contributed by atoms with Crippen molar-refractivity contribution in [2.75, 3.05) is 10.6 Å². The van der Waals surface area contributed by atoms with E-state index in [0.29, 0.717) is 16.6 Å². The van der Waals surface area contributed by atoms with Gasteiger partial charge in [0.05, 0.1) is 6.54 Å². The van der Waals surface area contributed by atoms with Gasteiger partial charge in [-0.15, -0.1) is 0 Å². The van der Waals surface area contributed by atoms with Crippen LogP contribution in [-0.4, -0.2) is 19.2 Å². The fourth-order valence-corrected chi connectivity index (χ4v) is 6.04. The number of para-hydroxylation sites is 1. The summed E-state index contributed by atoms with van der Waals surface area (Å²) in [5.41, 5.74) is 9.67. The monoisotopic (exact) mass is 573 g/mol. The van der Waals surface area contributed by atoms with Gasteiger partial charge in [0.2, 0.25) is 0 Å². The number of nitrogens with zero attached hydrogens (tertiary/aromatic N) is 3. The number of thiocarbonyl (C=S) groups is 1. The van der Waals surface area contributed by atoms with Crippen molar-refractivity contribution in [3.8, 4) is 11.1 Å². The van der Waals surface area contributed by atoms with E-state index in [4.69, 9.17) is 40.5 Å². The van der Waals surface area contributed by atoms with Gasteiger partial charge in [0, 0.05) is 39.1 Å². The summed E-state index contributed by atoms with van der Waals surface area (Å²) < 4.78 is 4.41. The van der Waals surface area contributed by atoms with Gasteiger partial charge in [-0.2, -0.15) is 5.10 Å². The van der Waals surface area contributed by atoms with Crippen LogP contribution in [0.4, 0.5) is 11.4 Å². The van der Waals surface area contributed by atoms with Crippen LogP contribution in [0.1, 0.15) is 41.1 Å². The van der Waals surface area contributed by atoms with Crippen LogP contribution < -0.4 is 10.6 Å². The third-order valence-corrected chi connectivity index (χ3v) is 8.46. The molecule has 39 heavy (non-hydrogen) atoms. The first-order valence-electron chi connectivity index (χ1n) is 13.2. The van der Waals surface area contributed by atoms with Crippen LogP contribution in [0.15, 0.2) is 66.7 Å². The molecule has 198 valence electrons. The number of hydrogen-bond donors (Lipinski definition) is 2. The molecule has 0 radical (unpaired) electrons. The van der Waals surface area contributed by atoms with Gasteiger partial charge in [-0.05, 0) is 80.1 Å². The molecule has 0 saturated carbocycles. The number of rotatable bonds is 6. The van der Waals surface area contributed by atoms with E-state index in [9.17, 15) is 0 Å². The Labute approximate surface area is 243 Å². The van der Waals surface area contributed by atoms with E-state index in [0.717, 1.165) is 81.6 Å². The maximum absolute atomic E-state index is 6.38. The number of aromatic nitrogens is 3. The van der Waals surface area contributed by atoms with E-state index < -0.39 is 0 Å². The van der Waals surface area contributed by atoms with Gasteiger partial charge in [-0.25, -0.2) is 4.52 Å². The fourth-order valence-electron chi connectivity index (χ4n) is 5.44. The molecule has 1 aliphatic rings. The average molecular weight is 575 g/mol. The number of benzene rings is 3. The van der Waals surface area contributed by atoms with Crippen LogP contribution in [0, 0.1) is 13.8 Å². The molecule has 2 N–H and O–H groups in total. The average Bonchev–Trinajstić information content (AvgIpc) is 3.33. The highest BCUT2D eigenvalue weighted by molar-refractivity contribution is 7.81. The molecule has 6 rings (SSSR count). The second-order valence-electron chi connectivity index (χ2n) is 10.0. The van der Waals surface area contributed by atoms with E-state index in [2.05, 4.69) is 57.0 Å². The van der Waals surface area contributed by atoms with E-state index in [1.165, 1.54) is 5.56 Å². The van der Waals surface area contributed by atoms with Crippen molar-refractivity contribution in [3.05, 3.63) is 105 Å². The van der Waals surface area contributed by atoms with Gasteiger partial charge >= 0.3 is 0 Å². The Balaban J connectivity index is 1.50. The molecule has 0 saturated heterocycles. The standard InChI is InChI=1S/C31H29Cl2N5S/c1-19-8-3-4-11-25(19)35-30(39)29-28(21-13-15-22(32)16-14-21)23-9-5-6-17-37-27(36-38(29)31(23)37)18-34-26-12-7-10-24(33)20(26)2/h3-4,7-8,10-16,34H,5-6,9,17-18H2,1-2H3,(H,35,39). The molecule has 3 aromatic carbocycles. The maximum Gasteiger partial charge on any atom is 0.150 e. The molecule has 2 aromatic heterocycles. The summed E-state index contributed by atoms with van der Waals surface area (Å²) in [7, 11) is 0. The first kappa shape index (κ1) is 25.9. The molecule has 1 aliphatic heterocycles. The molecule has 0 bridgehead atoms. The van der Waals surface area contributed by atoms with Crippen LogP contribution >= 0.6 is 35.4 Å². The molecular weight excluding hydrogens is 545 g/mol. The van der Waals surface area contributed by atoms with Crippen LogP contribution in [0.25, 0.3) is 16.8 Å². The van der Waals surface area contributed by atoms with Gasteiger partial charge in [0.1, 0.15) is 16.3 Å². The molecule has 0 aliphatic carbocycles. The minimum absolute atomic E-state index is 0.579. The lowest BCUT2D eigenvalue weighted by molar-refractivity contribution is 0.619. The number of anilines is 2.